The van der Waals surface area contributed by atoms with Crippen LogP contribution in [0, 0.1) is 22.7 Å². The maximum absolute atomic E-state index is 12.2. The van der Waals surface area contributed by atoms with Crippen molar-refractivity contribution >= 4 is 5.90 Å². The number of nitriles is 1. The van der Waals surface area contributed by atoms with Crippen LogP contribution in [-0.2, 0) is 6.61 Å². The van der Waals surface area contributed by atoms with Gasteiger partial charge in [-0.05, 0) is 17.7 Å². The van der Waals surface area contributed by atoms with E-state index >= 15 is 0 Å². The summed E-state index contributed by atoms with van der Waals surface area (Å²) < 4.78 is 21.5. The number of ether oxygens (including phenoxy) is 3. The van der Waals surface area contributed by atoms with Crippen molar-refractivity contribution in [2.45, 2.75) is 12.5 Å². The zero-order valence-electron chi connectivity index (χ0n) is 12.8. The van der Waals surface area contributed by atoms with E-state index in [1.165, 1.54) is 0 Å². The SMILES string of the molecule is N#CC1C(=N)Oc2c(oc(CO)cc2=O)C1c1ccc2c(c1)OCO2. The largest absolute Gasteiger partial charge is 0.459 e. The van der Waals surface area contributed by atoms with E-state index in [1.807, 2.05) is 6.07 Å². The number of hydrogen-bond acceptors (Lipinski definition) is 8. The Hall–Kier alpha value is -3.31. The lowest BCUT2D eigenvalue weighted by atomic mass is 9.82. The van der Waals surface area contributed by atoms with Gasteiger partial charge in [-0.1, -0.05) is 6.07 Å². The first-order valence-electron chi connectivity index (χ1n) is 7.45. The molecule has 4 rings (SSSR count). The fourth-order valence-electron chi connectivity index (χ4n) is 2.99. The number of rotatable bonds is 2. The summed E-state index contributed by atoms with van der Waals surface area (Å²) in [6, 6.07) is 8.23. The van der Waals surface area contributed by atoms with E-state index in [-0.39, 0.29) is 30.0 Å². The fourth-order valence-corrected chi connectivity index (χ4v) is 2.99. The molecule has 1 aromatic carbocycles. The summed E-state index contributed by atoms with van der Waals surface area (Å²) in [7, 11) is 0. The van der Waals surface area contributed by atoms with Crippen molar-refractivity contribution in [3.8, 4) is 23.3 Å². The molecule has 2 unspecified atom stereocenters. The van der Waals surface area contributed by atoms with Gasteiger partial charge in [-0.2, -0.15) is 5.26 Å². The van der Waals surface area contributed by atoms with Gasteiger partial charge >= 0.3 is 0 Å². The fraction of sp³-hybridized carbons (Fsp3) is 0.235. The minimum Gasteiger partial charge on any atom is -0.459 e. The molecule has 2 N–H and O–H groups in total. The number of aliphatic hydroxyl groups excluding tert-OH is 1. The molecule has 0 aliphatic carbocycles. The van der Waals surface area contributed by atoms with Crippen LogP contribution < -0.4 is 19.6 Å². The Morgan fingerprint density at radius 3 is 2.84 bits per heavy atom. The molecule has 0 radical (unpaired) electrons. The third kappa shape index (κ3) is 2.33. The summed E-state index contributed by atoms with van der Waals surface area (Å²) in [5, 5.41) is 26.8. The predicted molar refractivity (Wildman–Crippen MR) is 82.8 cm³/mol. The van der Waals surface area contributed by atoms with E-state index in [9.17, 15) is 15.2 Å². The Morgan fingerprint density at radius 1 is 1.28 bits per heavy atom. The molecule has 8 nitrogen and oxygen atoms in total. The molecule has 0 saturated carbocycles. The zero-order chi connectivity index (χ0) is 17.6. The summed E-state index contributed by atoms with van der Waals surface area (Å²) in [6.45, 7) is -0.366. The normalized spacial score (nSPS) is 20.6. The van der Waals surface area contributed by atoms with Gasteiger partial charge in [0.25, 0.3) is 0 Å². The monoisotopic (exact) mass is 340 g/mol. The maximum atomic E-state index is 12.2. The molecule has 2 aliphatic rings. The molecule has 0 amide bonds. The second-order valence-electron chi connectivity index (χ2n) is 5.59. The molecule has 0 bridgehead atoms. The van der Waals surface area contributed by atoms with Crippen molar-refractivity contribution in [1.82, 2.24) is 0 Å². The lowest BCUT2D eigenvalue weighted by Gasteiger charge is -2.28. The molecule has 2 aromatic rings. The first-order valence-corrected chi connectivity index (χ1v) is 7.45. The van der Waals surface area contributed by atoms with E-state index in [0.717, 1.165) is 6.07 Å². The van der Waals surface area contributed by atoms with E-state index in [4.69, 9.17) is 24.0 Å². The number of benzene rings is 1. The summed E-state index contributed by atoms with van der Waals surface area (Å²) in [5.41, 5.74) is 0.0977. The van der Waals surface area contributed by atoms with Gasteiger partial charge < -0.3 is 23.7 Å². The van der Waals surface area contributed by atoms with Crippen LogP contribution in [0.15, 0.2) is 33.5 Å². The average molecular weight is 340 g/mol. The summed E-state index contributed by atoms with van der Waals surface area (Å²) in [4.78, 5) is 12.2. The van der Waals surface area contributed by atoms with Crippen molar-refractivity contribution in [2.24, 2.45) is 5.92 Å². The Labute approximate surface area is 141 Å². The van der Waals surface area contributed by atoms with E-state index in [2.05, 4.69) is 0 Å². The predicted octanol–water partition coefficient (Wildman–Crippen LogP) is 1.50. The molecule has 3 heterocycles. The molecule has 126 valence electrons. The smallest absolute Gasteiger partial charge is 0.231 e. The number of nitrogens with zero attached hydrogens (tertiary/aromatic N) is 1. The Kier molecular flexibility index (Phi) is 3.44. The maximum Gasteiger partial charge on any atom is 0.231 e. The molecule has 1 aromatic heterocycles. The van der Waals surface area contributed by atoms with Crippen LogP contribution in [0.4, 0.5) is 0 Å². The highest BCUT2D eigenvalue weighted by Crippen LogP contribution is 2.44. The molecule has 25 heavy (non-hydrogen) atoms. The summed E-state index contributed by atoms with van der Waals surface area (Å²) >= 11 is 0. The minimum absolute atomic E-state index is 0.0585. The number of aliphatic hydroxyl groups is 1. The highest BCUT2D eigenvalue weighted by atomic mass is 16.7. The quantitative estimate of drug-likeness (QED) is 0.848. The molecular formula is C17H12N2O6. The van der Waals surface area contributed by atoms with Gasteiger partial charge in [-0.25, -0.2) is 0 Å². The van der Waals surface area contributed by atoms with Crippen LogP contribution in [0.2, 0.25) is 0 Å². The Bertz CT molecular complexity index is 974. The molecule has 0 spiro atoms. The number of nitrogens with one attached hydrogen (secondary N) is 1. The van der Waals surface area contributed by atoms with E-state index in [0.29, 0.717) is 17.1 Å². The van der Waals surface area contributed by atoms with Crippen molar-refractivity contribution in [3.63, 3.8) is 0 Å². The zero-order valence-corrected chi connectivity index (χ0v) is 12.8. The van der Waals surface area contributed by atoms with E-state index in [1.54, 1.807) is 18.2 Å². The second kappa shape index (κ2) is 5.65. The lowest BCUT2D eigenvalue weighted by molar-refractivity contribution is 0.174. The third-order valence-corrected chi connectivity index (χ3v) is 4.14. The van der Waals surface area contributed by atoms with Crippen LogP contribution >= 0.6 is 0 Å². The molecular weight excluding hydrogens is 328 g/mol. The molecule has 2 atom stereocenters. The van der Waals surface area contributed by atoms with E-state index < -0.39 is 23.9 Å². The summed E-state index contributed by atoms with van der Waals surface area (Å²) in [6.07, 6.45) is 0. The molecule has 8 heteroatoms. The first kappa shape index (κ1) is 15.2. The first-order chi connectivity index (χ1) is 12.1. The Balaban J connectivity index is 1.93. The van der Waals surface area contributed by atoms with Crippen molar-refractivity contribution < 1.29 is 23.7 Å². The second-order valence-corrected chi connectivity index (χ2v) is 5.59. The van der Waals surface area contributed by atoms with Gasteiger partial charge in [-0.3, -0.25) is 10.2 Å². The average Bonchev–Trinajstić information content (AvgIpc) is 3.08. The van der Waals surface area contributed by atoms with Gasteiger partial charge in [0.05, 0.1) is 12.0 Å². The highest BCUT2D eigenvalue weighted by molar-refractivity contribution is 5.84. The molecule has 2 aliphatic heterocycles. The van der Waals surface area contributed by atoms with Crippen molar-refractivity contribution in [3.05, 3.63) is 51.6 Å². The number of fused-ring (bicyclic) bond motifs is 2. The lowest BCUT2D eigenvalue weighted by Crippen LogP contribution is -2.33. The van der Waals surface area contributed by atoms with Crippen LogP contribution in [0.3, 0.4) is 0 Å². The molecule has 0 saturated heterocycles. The van der Waals surface area contributed by atoms with Crippen LogP contribution in [0.5, 0.6) is 17.2 Å². The van der Waals surface area contributed by atoms with Crippen molar-refractivity contribution in [2.75, 3.05) is 6.79 Å². The van der Waals surface area contributed by atoms with Crippen LogP contribution in [-0.4, -0.2) is 17.8 Å². The van der Waals surface area contributed by atoms with Gasteiger partial charge in [0.15, 0.2) is 17.3 Å². The van der Waals surface area contributed by atoms with Gasteiger partial charge in [0, 0.05) is 6.07 Å². The summed E-state index contributed by atoms with van der Waals surface area (Å²) in [5.74, 6) is -0.946. The highest BCUT2D eigenvalue weighted by Gasteiger charge is 2.41. The third-order valence-electron chi connectivity index (χ3n) is 4.14. The van der Waals surface area contributed by atoms with Crippen LogP contribution in [0.25, 0.3) is 0 Å². The van der Waals surface area contributed by atoms with Crippen LogP contribution in [0.1, 0.15) is 23.0 Å². The standard InChI is InChI=1S/C17H12N2O6/c18-5-10-14(8-1-2-12-13(3-8)23-7-22-12)16-15(25-17(10)19)11(21)4-9(6-20)24-16/h1-4,10,14,19-20H,6-7H2. The van der Waals surface area contributed by atoms with Gasteiger partial charge in [-0.15, -0.1) is 0 Å². The van der Waals surface area contributed by atoms with Gasteiger partial charge in [0.2, 0.25) is 23.9 Å². The van der Waals surface area contributed by atoms with Gasteiger partial charge in [0.1, 0.15) is 18.3 Å². The number of hydrogen-bond donors (Lipinski definition) is 2. The van der Waals surface area contributed by atoms with Crippen molar-refractivity contribution in [1.29, 1.82) is 10.7 Å². The molecule has 0 fully saturated rings. The Morgan fingerprint density at radius 2 is 2.08 bits per heavy atom. The minimum atomic E-state index is -0.982. The topological polar surface area (TPSA) is 126 Å².